The van der Waals surface area contributed by atoms with Gasteiger partial charge >= 0.3 is 0 Å². The molecule has 19 heavy (non-hydrogen) atoms. The Morgan fingerprint density at radius 3 is 2.68 bits per heavy atom. The molecular weight excluding hydrogens is 373 g/mol. The van der Waals surface area contributed by atoms with Gasteiger partial charge in [0.15, 0.2) is 5.78 Å². The maximum atomic E-state index is 12.1. The van der Waals surface area contributed by atoms with Crippen molar-refractivity contribution in [2.24, 2.45) is 0 Å². The fraction of sp³-hybridized carbons (Fsp3) is 0.167. The number of aromatic nitrogens is 1. The van der Waals surface area contributed by atoms with E-state index in [1.54, 1.807) is 19.2 Å². The first-order valence-electron chi connectivity index (χ1n) is 5.23. The summed E-state index contributed by atoms with van der Waals surface area (Å²) in [7, 11) is 0. The third-order valence-corrected chi connectivity index (χ3v) is 4.42. The zero-order chi connectivity index (χ0) is 14.2. The molecule has 2 aromatic heterocycles. The lowest BCUT2D eigenvalue weighted by Crippen LogP contribution is -2.25. The Morgan fingerprint density at radius 2 is 2.11 bits per heavy atom. The van der Waals surface area contributed by atoms with Gasteiger partial charge in [-0.05, 0) is 35.0 Å². The van der Waals surface area contributed by atoms with E-state index < -0.39 is 0 Å². The van der Waals surface area contributed by atoms with Crippen molar-refractivity contribution < 1.29 is 4.79 Å². The fourth-order valence-electron chi connectivity index (χ4n) is 1.63. The van der Waals surface area contributed by atoms with Crippen LogP contribution in [0.15, 0.2) is 27.6 Å². The Hall–Kier alpha value is -0.620. The van der Waals surface area contributed by atoms with Crippen molar-refractivity contribution in [2.75, 3.05) is 0 Å². The Morgan fingerprint density at radius 1 is 1.42 bits per heavy atom. The maximum absolute atomic E-state index is 12.1. The van der Waals surface area contributed by atoms with Gasteiger partial charge < -0.3 is 4.57 Å². The van der Waals surface area contributed by atoms with E-state index >= 15 is 0 Å². The number of carbonyl (C=O) groups excluding carboxylic acids is 1. The molecule has 0 aliphatic rings. The van der Waals surface area contributed by atoms with Gasteiger partial charge in [0.2, 0.25) is 0 Å². The molecule has 0 aromatic carbocycles. The van der Waals surface area contributed by atoms with Gasteiger partial charge in [0, 0.05) is 16.2 Å². The fourth-order valence-corrected chi connectivity index (χ4v) is 3.72. The molecule has 2 heterocycles. The highest BCUT2D eigenvalue weighted by atomic mass is 79.9. The van der Waals surface area contributed by atoms with Crippen LogP contribution in [-0.2, 0) is 6.54 Å². The van der Waals surface area contributed by atoms with E-state index in [0.717, 1.165) is 15.8 Å². The predicted molar refractivity (Wildman–Crippen MR) is 81.8 cm³/mol. The van der Waals surface area contributed by atoms with Crippen LogP contribution in [0.3, 0.4) is 0 Å². The third kappa shape index (κ3) is 3.28. The molecule has 0 saturated heterocycles. The smallest absolute Gasteiger partial charge is 0.253 e. The number of carbonyl (C=O) groups is 1. The molecule has 100 valence electrons. The standard InChI is InChI=1S/C12H8BrCl2NO2S/c1-6-2-7(13)4-16(12(6)18)5-9(17)8-3-10(14)19-11(8)15/h2-4H,5H2,1H3. The van der Waals surface area contributed by atoms with E-state index in [9.17, 15) is 9.59 Å². The summed E-state index contributed by atoms with van der Waals surface area (Å²) in [6, 6.07) is 3.23. The molecule has 0 fully saturated rings. The quantitative estimate of drug-likeness (QED) is 0.749. The van der Waals surface area contributed by atoms with E-state index in [1.807, 2.05) is 0 Å². The first-order chi connectivity index (χ1) is 8.88. The van der Waals surface area contributed by atoms with Crippen molar-refractivity contribution in [3.8, 4) is 0 Å². The van der Waals surface area contributed by atoms with Crippen molar-refractivity contribution in [1.29, 1.82) is 0 Å². The number of thiophene rings is 1. The molecule has 2 aromatic rings. The van der Waals surface area contributed by atoms with Crippen molar-refractivity contribution >= 4 is 56.3 Å². The van der Waals surface area contributed by atoms with Crippen molar-refractivity contribution in [3.05, 3.63) is 53.0 Å². The number of Topliss-reactive ketones (excluding diaryl/α,β-unsaturated/α-hetero) is 1. The Labute approximate surface area is 131 Å². The lowest BCUT2D eigenvalue weighted by atomic mass is 10.2. The average molecular weight is 381 g/mol. The highest BCUT2D eigenvalue weighted by Crippen LogP contribution is 2.31. The number of halogens is 3. The van der Waals surface area contributed by atoms with Crippen molar-refractivity contribution in [1.82, 2.24) is 4.57 Å². The Kier molecular flexibility index (Phi) is 4.50. The Bertz CT molecular complexity index is 708. The van der Waals surface area contributed by atoms with Gasteiger partial charge in [0.25, 0.3) is 5.56 Å². The number of rotatable bonds is 3. The summed E-state index contributed by atoms with van der Waals surface area (Å²) < 4.78 is 2.89. The van der Waals surface area contributed by atoms with Gasteiger partial charge in [-0.3, -0.25) is 9.59 Å². The second-order valence-electron chi connectivity index (χ2n) is 3.94. The molecule has 0 radical (unpaired) electrons. The summed E-state index contributed by atoms with van der Waals surface area (Å²) in [4.78, 5) is 24.0. The molecule has 0 atom stereocenters. The summed E-state index contributed by atoms with van der Waals surface area (Å²) in [6.07, 6.45) is 1.58. The minimum absolute atomic E-state index is 0.0636. The van der Waals surface area contributed by atoms with Gasteiger partial charge in [-0.2, -0.15) is 0 Å². The lowest BCUT2D eigenvalue weighted by molar-refractivity contribution is 0.0971. The van der Waals surface area contributed by atoms with Crippen LogP contribution in [-0.4, -0.2) is 10.4 Å². The van der Waals surface area contributed by atoms with Gasteiger partial charge in [0.05, 0.1) is 16.4 Å². The first-order valence-corrected chi connectivity index (χ1v) is 7.59. The van der Waals surface area contributed by atoms with Crippen LogP contribution < -0.4 is 5.56 Å². The van der Waals surface area contributed by atoms with Crippen molar-refractivity contribution in [2.45, 2.75) is 13.5 Å². The molecule has 7 heteroatoms. The van der Waals surface area contributed by atoms with Crippen LogP contribution >= 0.6 is 50.5 Å². The molecule has 0 aliphatic carbocycles. The van der Waals surface area contributed by atoms with Gasteiger partial charge in [-0.15, -0.1) is 11.3 Å². The second kappa shape index (κ2) is 5.79. The van der Waals surface area contributed by atoms with Gasteiger partial charge in [-0.1, -0.05) is 23.2 Å². The van der Waals surface area contributed by atoms with E-state index in [4.69, 9.17) is 23.2 Å². The zero-order valence-electron chi connectivity index (χ0n) is 9.75. The normalized spacial score (nSPS) is 10.7. The summed E-state index contributed by atoms with van der Waals surface area (Å²) >= 11 is 16.2. The number of pyridine rings is 1. The van der Waals surface area contributed by atoms with E-state index in [2.05, 4.69) is 15.9 Å². The number of hydrogen-bond acceptors (Lipinski definition) is 3. The molecule has 0 saturated carbocycles. The largest absolute Gasteiger partial charge is 0.306 e. The second-order valence-corrected chi connectivity index (χ2v) is 7.14. The minimum atomic E-state index is -0.243. The predicted octanol–water partition coefficient (Wildman–Crippen LogP) is 4.17. The van der Waals surface area contributed by atoms with Crippen LogP contribution in [0, 0.1) is 6.92 Å². The highest BCUT2D eigenvalue weighted by Gasteiger charge is 2.15. The molecular formula is C12H8BrCl2NO2S. The lowest BCUT2D eigenvalue weighted by Gasteiger charge is -2.06. The molecule has 3 nitrogen and oxygen atoms in total. The van der Waals surface area contributed by atoms with Gasteiger partial charge in [-0.25, -0.2) is 0 Å². The number of nitrogens with zero attached hydrogens (tertiary/aromatic N) is 1. The van der Waals surface area contributed by atoms with Crippen LogP contribution in [0.4, 0.5) is 0 Å². The summed E-state index contributed by atoms with van der Waals surface area (Å²) in [5.74, 6) is -0.243. The monoisotopic (exact) mass is 379 g/mol. The molecule has 2 rings (SSSR count). The molecule has 0 N–H and O–H groups in total. The SMILES string of the molecule is Cc1cc(Br)cn(CC(=O)c2cc(Cl)sc2Cl)c1=O. The third-order valence-electron chi connectivity index (χ3n) is 2.50. The van der Waals surface area contributed by atoms with Crippen LogP contribution in [0.5, 0.6) is 0 Å². The van der Waals surface area contributed by atoms with E-state index in [1.165, 1.54) is 10.6 Å². The van der Waals surface area contributed by atoms with Crippen LogP contribution in [0.25, 0.3) is 0 Å². The molecule has 0 amide bonds. The number of ketones is 1. The van der Waals surface area contributed by atoms with E-state index in [-0.39, 0.29) is 17.9 Å². The van der Waals surface area contributed by atoms with E-state index in [0.29, 0.717) is 19.8 Å². The molecule has 0 spiro atoms. The summed E-state index contributed by atoms with van der Waals surface area (Å²) in [6.45, 7) is 1.63. The highest BCUT2D eigenvalue weighted by molar-refractivity contribution is 9.10. The summed E-state index contributed by atoms with van der Waals surface area (Å²) in [5, 5.41) is 0. The summed E-state index contributed by atoms with van der Waals surface area (Å²) in [5.41, 5.74) is 0.715. The molecule has 0 unspecified atom stereocenters. The molecule has 0 aliphatic heterocycles. The minimum Gasteiger partial charge on any atom is -0.306 e. The molecule has 0 bridgehead atoms. The maximum Gasteiger partial charge on any atom is 0.253 e. The first kappa shape index (κ1) is 14.8. The van der Waals surface area contributed by atoms with Crippen LogP contribution in [0.2, 0.25) is 8.67 Å². The van der Waals surface area contributed by atoms with Crippen LogP contribution in [0.1, 0.15) is 15.9 Å². The van der Waals surface area contributed by atoms with Crippen molar-refractivity contribution in [3.63, 3.8) is 0 Å². The zero-order valence-corrected chi connectivity index (χ0v) is 13.7. The number of aryl methyl sites for hydroxylation is 1. The Balaban J connectivity index is 2.34. The topological polar surface area (TPSA) is 39.1 Å². The average Bonchev–Trinajstić information content (AvgIpc) is 2.64. The van der Waals surface area contributed by atoms with Gasteiger partial charge in [0.1, 0.15) is 4.34 Å². The number of hydrogen-bond donors (Lipinski definition) is 0.